The highest BCUT2D eigenvalue weighted by Gasteiger charge is 2.30. The molecule has 0 bridgehead atoms. The van der Waals surface area contributed by atoms with Crippen LogP contribution < -0.4 is 0 Å². The normalized spacial score (nSPS) is 11.5. The van der Waals surface area contributed by atoms with Gasteiger partial charge in [-0.2, -0.15) is 13.2 Å². The quantitative estimate of drug-likeness (QED) is 0.791. The van der Waals surface area contributed by atoms with Gasteiger partial charge in [0, 0.05) is 12.0 Å². The predicted molar refractivity (Wildman–Crippen MR) is 56.7 cm³/mol. The third-order valence-corrected chi connectivity index (χ3v) is 2.28. The number of alkyl halides is 3. The van der Waals surface area contributed by atoms with E-state index in [0.717, 1.165) is 12.1 Å². The van der Waals surface area contributed by atoms with E-state index in [9.17, 15) is 18.0 Å². The molecule has 0 amide bonds. The van der Waals surface area contributed by atoms with Crippen molar-refractivity contribution in [3.05, 3.63) is 41.8 Å². The van der Waals surface area contributed by atoms with E-state index in [2.05, 4.69) is 4.98 Å². The van der Waals surface area contributed by atoms with Crippen LogP contribution in [0, 0.1) is 0 Å². The molecular weight excluding hydrogens is 247 g/mol. The van der Waals surface area contributed by atoms with Crippen molar-refractivity contribution in [3.63, 3.8) is 0 Å². The lowest BCUT2D eigenvalue weighted by Gasteiger charge is -2.06. The summed E-state index contributed by atoms with van der Waals surface area (Å²) in [5, 5.41) is 0. The molecule has 0 fully saturated rings. The van der Waals surface area contributed by atoms with Gasteiger partial charge in [-0.15, -0.1) is 0 Å². The number of nitrogens with zero attached hydrogens (tertiary/aromatic N) is 1. The number of rotatable bonds is 3. The fraction of sp³-hybridized carbons (Fsp3) is 0.167. The van der Waals surface area contributed by atoms with Gasteiger partial charge in [0.2, 0.25) is 5.89 Å². The van der Waals surface area contributed by atoms with Crippen molar-refractivity contribution >= 4 is 6.29 Å². The molecule has 0 atom stereocenters. The number of benzene rings is 1. The number of oxazole rings is 1. The Hall–Kier alpha value is -2.11. The Bertz CT molecular complexity index is 560. The number of aldehydes is 1. The monoisotopic (exact) mass is 255 g/mol. The molecule has 1 heterocycles. The van der Waals surface area contributed by atoms with E-state index >= 15 is 0 Å². The first kappa shape index (κ1) is 12.3. The van der Waals surface area contributed by atoms with E-state index in [1.807, 2.05) is 0 Å². The topological polar surface area (TPSA) is 43.1 Å². The predicted octanol–water partition coefficient (Wildman–Crippen LogP) is 3.10. The standard InChI is InChI=1S/C12H8F3NO2/c13-12(14,15)9-3-1-2-8(6-9)11-16-10(4-5-17)7-18-11/h1-3,5-7H,4H2. The molecule has 0 N–H and O–H groups in total. The van der Waals surface area contributed by atoms with Gasteiger partial charge in [-0.25, -0.2) is 4.98 Å². The van der Waals surface area contributed by atoms with Gasteiger partial charge in [0.05, 0.1) is 11.3 Å². The molecule has 1 aromatic heterocycles. The van der Waals surface area contributed by atoms with Gasteiger partial charge >= 0.3 is 6.18 Å². The van der Waals surface area contributed by atoms with Crippen molar-refractivity contribution < 1.29 is 22.4 Å². The van der Waals surface area contributed by atoms with Crippen LogP contribution in [0.3, 0.4) is 0 Å². The van der Waals surface area contributed by atoms with E-state index in [0.29, 0.717) is 12.0 Å². The minimum absolute atomic E-state index is 0.0675. The average Bonchev–Trinajstić information content (AvgIpc) is 2.77. The van der Waals surface area contributed by atoms with Gasteiger partial charge in [0.25, 0.3) is 0 Å². The zero-order valence-corrected chi connectivity index (χ0v) is 9.07. The Balaban J connectivity index is 2.35. The summed E-state index contributed by atoms with van der Waals surface area (Å²) in [4.78, 5) is 14.2. The number of aromatic nitrogens is 1. The van der Waals surface area contributed by atoms with Crippen LogP contribution in [0.4, 0.5) is 13.2 Å². The Morgan fingerprint density at radius 3 is 2.78 bits per heavy atom. The maximum atomic E-state index is 12.5. The van der Waals surface area contributed by atoms with E-state index in [1.165, 1.54) is 18.4 Å². The molecule has 0 spiro atoms. The van der Waals surface area contributed by atoms with Crippen molar-refractivity contribution in [3.8, 4) is 11.5 Å². The second-order valence-corrected chi connectivity index (χ2v) is 3.59. The molecule has 2 rings (SSSR count). The van der Waals surface area contributed by atoms with Crippen LogP contribution in [0.25, 0.3) is 11.5 Å². The highest BCUT2D eigenvalue weighted by molar-refractivity contribution is 5.57. The summed E-state index contributed by atoms with van der Waals surface area (Å²) in [5.41, 5.74) is -0.158. The van der Waals surface area contributed by atoms with Gasteiger partial charge in [-0.1, -0.05) is 6.07 Å². The maximum Gasteiger partial charge on any atom is 0.416 e. The summed E-state index contributed by atoms with van der Waals surface area (Å²) in [6.45, 7) is 0. The number of hydrogen-bond acceptors (Lipinski definition) is 3. The highest BCUT2D eigenvalue weighted by atomic mass is 19.4. The van der Waals surface area contributed by atoms with Crippen LogP contribution in [-0.4, -0.2) is 11.3 Å². The van der Waals surface area contributed by atoms with Crippen LogP contribution in [0.15, 0.2) is 34.9 Å². The molecule has 18 heavy (non-hydrogen) atoms. The first-order chi connectivity index (χ1) is 8.50. The fourth-order valence-corrected chi connectivity index (χ4v) is 1.45. The van der Waals surface area contributed by atoms with Crippen molar-refractivity contribution in [2.75, 3.05) is 0 Å². The van der Waals surface area contributed by atoms with Crippen LogP contribution in [-0.2, 0) is 17.4 Å². The van der Waals surface area contributed by atoms with Crippen molar-refractivity contribution in [1.29, 1.82) is 0 Å². The van der Waals surface area contributed by atoms with Gasteiger partial charge in [-0.05, 0) is 18.2 Å². The molecule has 0 radical (unpaired) electrons. The van der Waals surface area contributed by atoms with Gasteiger partial charge < -0.3 is 9.21 Å². The summed E-state index contributed by atoms with van der Waals surface area (Å²) in [6.07, 6.45) is -2.44. The Morgan fingerprint density at radius 2 is 2.11 bits per heavy atom. The molecule has 0 aliphatic rings. The SMILES string of the molecule is O=CCc1coc(-c2cccc(C(F)(F)F)c2)n1. The molecule has 0 aliphatic heterocycles. The third-order valence-electron chi connectivity index (χ3n) is 2.28. The summed E-state index contributed by atoms with van der Waals surface area (Å²) in [7, 11) is 0. The zero-order valence-electron chi connectivity index (χ0n) is 9.07. The smallest absolute Gasteiger partial charge is 0.416 e. The molecule has 0 saturated carbocycles. The van der Waals surface area contributed by atoms with Crippen molar-refractivity contribution in [2.45, 2.75) is 12.6 Å². The molecule has 3 nitrogen and oxygen atoms in total. The maximum absolute atomic E-state index is 12.5. The van der Waals surface area contributed by atoms with E-state index in [-0.39, 0.29) is 17.9 Å². The molecule has 6 heteroatoms. The second-order valence-electron chi connectivity index (χ2n) is 3.59. The summed E-state index contributed by atoms with van der Waals surface area (Å²) < 4.78 is 42.6. The first-order valence-electron chi connectivity index (χ1n) is 5.06. The van der Waals surface area contributed by atoms with Crippen molar-refractivity contribution in [2.24, 2.45) is 0 Å². The summed E-state index contributed by atoms with van der Waals surface area (Å²) in [6, 6.07) is 4.67. The van der Waals surface area contributed by atoms with Gasteiger partial charge in [0.1, 0.15) is 12.5 Å². The number of carbonyl (C=O) groups is 1. The van der Waals surface area contributed by atoms with Gasteiger partial charge in [0.15, 0.2) is 0 Å². The minimum atomic E-state index is -4.41. The third kappa shape index (κ3) is 2.58. The van der Waals surface area contributed by atoms with Crippen LogP contribution in [0.2, 0.25) is 0 Å². The lowest BCUT2D eigenvalue weighted by Crippen LogP contribution is -2.04. The minimum Gasteiger partial charge on any atom is -0.444 e. The largest absolute Gasteiger partial charge is 0.444 e. The number of hydrogen-bond donors (Lipinski definition) is 0. The summed E-state index contributed by atoms with van der Waals surface area (Å²) in [5.74, 6) is 0.0675. The van der Waals surface area contributed by atoms with Crippen LogP contribution in [0.1, 0.15) is 11.3 Å². The number of halogens is 3. The molecule has 0 saturated heterocycles. The number of carbonyl (C=O) groups excluding carboxylic acids is 1. The zero-order chi connectivity index (χ0) is 13.2. The molecular formula is C12H8F3NO2. The van der Waals surface area contributed by atoms with E-state index < -0.39 is 11.7 Å². The van der Waals surface area contributed by atoms with E-state index in [1.54, 1.807) is 0 Å². The highest BCUT2D eigenvalue weighted by Crippen LogP contribution is 2.31. The fourth-order valence-electron chi connectivity index (χ4n) is 1.45. The lowest BCUT2D eigenvalue weighted by molar-refractivity contribution is -0.137. The van der Waals surface area contributed by atoms with E-state index in [4.69, 9.17) is 4.42 Å². The second kappa shape index (κ2) is 4.64. The molecule has 0 unspecified atom stereocenters. The van der Waals surface area contributed by atoms with Gasteiger partial charge in [-0.3, -0.25) is 0 Å². The molecule has 1 aromatic carbocycles. The molecule has 94 valence electrons. The Morgan fingerprint density at radius 1 is 1.33 bits per heavy atom. The summed E-state index contributed by atoms with van der Waals surface area (Å²) >= 11 is 0. The lowest BCUT2D eigenvalue weighted by atomic mass is 10.1. The van der Waals surface area contributed by atoms with Crippen LogP contribution >= 0.6 is 0 Å². The Labute approximate surface area is 100 Å². The van der Waals surface area contributed by atoms with Crippen LogP contribution in [0.5, 0.6) is 0 Å². The first-order valence-corrected chi connectivity index (χ1v) is 5.06. The average molecular weight is 255 g/mol. The Kier molecular flexibility index (Phi) is 3.18. The molecule has 2 aromatic rings. The molecule has 0 aliphatic carbocycles. The van der Waals surface area contributed by atoms with Crippen molar-refractivity contribution in [1.82, 2.24) is 4.98 Å².